The Balaban J connectivity index is 2.14. The average molecular weight is 248 g/mol. The van der Waals surface area contributed by atoms with Crippen LogP contribution >= 0.6 is 11.6 Å². The molecule has 2 aromatic rings. The molecule has 3 nitrogen and oxygen atoms in total. The van der Waals surface area contributed by atoms with Crippen LogP contribution in [0, 0.1) is 0 Å². The Hall–Kier alpha value is -2.00. The number of hydrogen-bond acceptors (Lipinski definition) is 3. The van der Waals surface area contributed by atoms with Crippen LogP contribution in [0.5, 0.6) is 11.5 Å². The molecule has 2 aromatic carbocycles. The summed E-state index contributed by atoms with van der Waals surface area (Å²) in [5, 5.41) is 11.5. The van der Waals surface area contributed by atoms with Crippen molar-refractivity contribution < 1.29 is 9.94 Å². The molecule has 0 aliphatic rings. The minimum Gasteiger partial charge on any atom is -0.457 e. The molecule has 0 amide bonds. The van der Waals surface area contributed by atoms with Gasteiger partial charge in [-0.05, 0) is 36.4 Å². The van der Waals surface area contributed by atoms with Crippen molar-refractivity contribution >= 4 is 16.8 Å². The van der Waals surface area contributed by atoms with Crippen molar-refractivity contribution in [2.45, 2.75) is 0 Å². The zero-order valence-corrected chi connectivity index (χ0v) is 9.63. The third-order valence-electron chi connectivity index (χ3n) is 2.16. The van der Waals surface area contributed by atoms with Crippen LogP contribution in [-0.4, -0.2) is 10.4 Å². The summed E-state index contributed by atoms with van der Waals surface area (Å²) >= 11 is 5.66. The summed E-state index contributed by atoms with van der Waals surface area (Å²) in [4.78, 5) is 0. The Morgan fingerprint density at radius 3 is 2.12 bits per heavy atom. The molecule has 0 atom stereocenters. The molecule has 0 unspecified atom stereocenters. The van der Waals surface area contributed by atoms with E-state index in [0.29, 0.717) is 11.3 Å². The predicted molar refractivity (Wildman–Crippen MR) is 67.1 cm³/mol. The van der Waals surface area contributed by atoms with Crippen LogP contribution in [0.1, 0.15) is 5.56 Å². The van der Waals surface area contributed by atoms with E-state index in [1.165, 1.54) is 0 Å². The summed E-state index contributed by atoms with van der Waals surface area (Å²) in [5.74, 6) is 1.46. The molecule has 0 fully saturated rings. The standard InChI is InChI=1S/C13H10ClNO2/c14-13(15-16)10-6-8-12(9-7-10)17-11-4-2-1-3-5-11/h1-9,16H/b15-13-. The first kappa shape index (κ1) is 11.5. The second kappa shape index (κ2) is 5.37. The number of rotatable bonds is 3. The van der Waals surface area contributed by atoms with Gasteiger partial charge in [0.05, 0.1) is 0 Å². The molecule has 2 rings (SSSR count). The van der Waals surface area contributed by atoms with E-state index in [9.17, 15) is 0 Å². The minimum atomic E-state index is 0.0521. The number of oxime groups is 1. The van der Waals surface area contributed by atoms with Gasteiger partial charge in [0, 0.05) is 5.56 Å². The van der Waals surface area contributed by atoms with Crippen molar-refractivity contribution in [1.82, 2.24) is 0 Å². The van der Waals surface area contributed by atoms with E-state index in [1.807, 2.05) is 30.3 Å². The highest BCUT2D eigenvalue weighted by molar-refractivity contribution is 6.69. The highest BCUT2D eigenvalue weighted by atomic mass is 35.5. The van der Waals surface area contributed by atoms with Gasteiger partial charge < -0.3 is 9.94 Å². The smallest absolute Gasteiger partial charge is 0.175 e. The maximum atomic E-state index is 8.52. The molecule has 0 aliphatic carbocycles. The molecule has 1 N–H and O–H groups in total. The largest absolute Gasteiger partial charge is 0.457 e. The molecular weight excluding hydrogens is 238 g/mol. The molecule has 0 bridgehead atoms. The van der Waals surface area contributed by atoms with Crippen molar-refractivity contribution in [3.8, 4) is 11.5 Å². The molecule has 86 valence electrons. The molecular formula is C13H10ClNO2. The van der Waals surface area contributed by atoms with E-state index in [0.717, 1.165) is 5.75 Å². The van der Waals surface area contributed by atoms with Gasteiger partial charge in [0.25, 0.3) is 0 Å². The molecule has 0 aromatic heterocycles. The summed E-state index contributed by atoms with van der Waals surface area (Å²) in [7, 11) is 0. The number of hydrogen-bond donors (Lipinski definition) is 1. The van der Waals surface area contributed by atoms with Crippen LogP contribution in [0.25, 0.3) is 0 Å². The topological polar surface area (TPSA) is 41.8 Å². The van der Waals surface area contributed by atoms with Crippen LogP contribution < -0.4 is 4.74 Å². The molecule has 0 aliphatic heterocycles. The summed E-state index contributed by atoms with van der Waals surface area (Å²) in [6.07, 6.45) is 0. The SMILES string of the molecule is O/N=C(\Cl)c1ccc(Oc2ccccc2)cc1. The van der Waals surface area contributed by atoms with Gasteiger partial charge in [0.2, 0.25) is 0 Å². The van der Waals surface area contributed by atoms with Gasteiger partial charge >= 0.3 is 0 Å². The van der Waals surface area contributed by atoms with Gasteiger partial charge in [-0.2, -0.15) is 0 Å². The fraction of sp³-hybridized carbons (Fsp3) is 0. The Morgan fingerprint density at radius 2 is 1.53 bits per heavy atom. The van der Waals surface area contributed by atoms with Gasteiger partial charge in [0.1, 0.15) is 11.5 Å². The third-order valence-corrected chi connectivity index (χ3v) is 2.45. The van der Waals surface area contributed by atoms with Gasteiger partial charge in [0.15, 0.2) is 5.17 Å². The van der Waals surface area contributed by atoms with Crippen molar-refractivity contribution in [1.29, 1.82) is 0 Å². The lowest BCUT2D eigenvalue weighted by molar-refractivity contribution is 0.321. The second-order valence-corrected chi connectivity index (χ2v) is 3.69. The minimum absolute atomic E-state index is 0.0521. The molecule has 4 heteroatoms. The predicted octanol–water partition coefficient (Wildman–Crippen LogP) is 3.85. The molecule has 0 spiro atoms. The quantitative estimate of drug-likeness (QED) is 0.508. The molecule has 0 heterocycles. The maximum absolute atomic E-state index is 8.52. The van der Waals surface area contributed by atoms with Crippen LogP contribution in [0.2, 0.25) is 0 Å². The summed E-state index contributed by atoms with van der Waals surface area (Å²) in [6.45, 7) is 0. The number of para-hydroxylation sites is 1. The van der Waals surface area contributed by atoms with E-state index >= 15 is 0 Å². The average Bonchev–Trinajstić information content (AvgIpc) is 2.40. The summed E-state index contributed by atoms with van der Waals surface area (Å²) in [6, 6.07) is 16.4. The monoisotopic (exact) mass is 247 g/mol. The normalized spacial score (nSPS) is 11.2. The third kappa shape index (κ3) is 2.98. The highest BCUT2D eigenvalue weighted by Gasteiger charge is 2.01. The Kier molecular flexibility index (Phi) is 3.62. The first-order valence-electron chi connectivity index (χ1n) is 5.00. The van der Waals surface area contributed by atoms with E-state index in [4.69, 9.17) is 21.5 Å². The lowest BCUT2D eigenvalue weighted by Gasteiger charge is -2.05. The van der Waals surface area contributed by atoms with E-state index in [1.54, 1.807) is 24.3 Å². The lowest BCUT2D eigenvalue weighted by Crippen LogP contribution is -1.91. The van der Waals surface area contributed by atoms with E-state index in [-0.39, 0.29) is 5.17 Å². The summed E-state index contributed by atoms with van der Waals surface area (Å²) in [5.41, 5.74) is 0.634. The first-order chi connectivity index (χ1) is 8.29. The fourth-order valence-corrected chi connectivity index (χ4v) is 1.47. The van der Waals surface area contributed by atoms with Crippen LogP contribution in [0.3, 0.4) is 0 Å². The zero-order chi connectivity index (χ0) is 12.1. The van der Waals surface area contributed by atoms with Crippen molar-refractivity contribution in [2.75, 3.05) is 0 Å². The van der Waals surface area contributed by atoms with Crippen molar-refractivity contribution in [3.63, 3.8) is 0 Å². The Morgan fingerprint density at radius 1 is 0.941 bits per heavy atom. The number of nitrogens with zero attached hydrogens (tertiary/aromatic N) is 1. The Bertz CT molecular complexity index is 509. The lowest BCUT2D eigenvalue weighted by atomic mass is 10.2. The Labute approximate surface area is 104 Å². The first-order valence-corrected chi connectivity index (χ1v) is 5.38. The van der Waals surface area contributed by atoms with E-state index in [2.05, 4.69) is 5.16 Å². The fourth-order valence-electron chi connectivity index (χ4n) is 1.34. The number of ether oxygens (including phenoxy) is 1. The van der Waals surface area contributed by atoms with Gasteiger partial charge in [-0.25, -0.2) is 0 Å². The number of halogens is 1. The highest BCUT2D eigenvalue weighted by Crippen LogP contribution is 2.21. The maximum Gasteiger partial charge on any atom is 0.175 e. The van der Waals surface area contributed by atoms with E-state index < -0.39 is 0 Å². The van der Waals surface area contributed by atoms with Crippen LogP contribution in [0.15, 0.2) is 59.8 Å². The van der Waals surface area contributed by atoms with Gasteiger partial charge in [-0.15, -0.1) is 0 Å². The number of benzene rings is 2. The molecule has 0 radical (unpaired) electrons. The van der Waals surface area contributed by atoms with Gasteiger partial charge in [-0.3, -0.25) is 0 Å². The van der Waals surface area contributed by atoms with Crippen LogP contribution in [-0.2, 0) is 0 Å². The second-order valence-electron chi connectivity index (χ2n) is 3.33. The zero-order valence-electron chi connectivity index (χ0n) is 8.88. The summed E-state index contributed by atoms with van der Waals surface area (Å²) < 4.78 is 5.60. The van der Waals surface area contributed by atoms with Crippen LogP contribution in [0.4, 0.5) is 0 Å². The molecule has 0 saturated heterocycles. The van der Waals surface area contributed by atoms with Crippen molar-refractivity contribution in [2.24, 2.45) is 5.16 Å². The van der Waals surface area contributed by atoms with Gasteiger partial charge in [-0.1, -0.05) is 35.0 Å². The molecule has 17 heavy (non-hydrogen) atoms. The molecule has 0 saturated carbocycles. The van der Waals surface area contributed by atoms with Crippen molar-refractivity contribution in [3.05, 3.63) is 60.2 Å².